The largest absolute Gasteiger partial charge is 0.308 e. The number of fused-ring (bicyclic) bond motifs is 2. The molecule has 0 spiro atoms. The Morgan fingerprint density at radius 3 is 2.45 bits per heavy atom. The molecule has 1 aromatic carbocycles. The van der Waals surface area contributed by atoms with Gasteiger partial charge in [-0.25, -0.2) is 0 Å². The molecule has 0 radical (unpaired) electrons. The van der Waals surface area contributed by atoms with E-state index < -0.39 is 0 Å². The molecule has 1 saturated heterocycles. The van der Waals surface area contributed by atoms with Crippen molar-refractivity contribution in [2.45, 2.75) is 51.7 Å². The standard InChI is InChI=1S/C25H31N7O/c1-5-19-15-31(32-16-24-22(28-32)9-10-25(33)29(24)4)20(6-2)14-30(19)17(3)18-7-8-21-23(13-18)27-12-11-26-21/h7-13,16-17,19-20H,5-6,14-15H2,1-4H3/t17?,19-,20+/m1/s1. The van der Waals surface area contributed by atoms with Crippen LogP contribution < -0.4 is 10.6 Å². The van der Waals surface area contributed by atoms with E-state index in [9.17, 15) is 4.79 Å². The first kappa shape index (κ1) is 21.6. The Labute approximate surface area is 193 Å². The lowest BCUT2D eigenvalue weighted by Gasteiger charge is -2.49. The van der Waals surface area contributed by atoms with Crippen LogP contribution in [0.25, 0.3) is 22.1 Å². The van der Waals surface area contributed by atoms with Crippen molar-refractivity contribution in [1.82, 2.24) is 29.3 Å². The van der Waals surface area contributed by atoms with E-state index in [4.69, 9.17) is 5.10 Å². The molecule has 1 aliphatic heterocycles. The quantitative estimate of drug-likeness (QED) is 0.470. The highest BCUT2D eigenvalue weighted by molar-refractivity contribution is 5.75. The summed E-state index contributed by atoms with van der Waals surface area (Å²) < 4.78 is 1.66. The minimum Gasteiger partial charge on any atom is -0.308 e. The van der Waals surface area contributed by atoms with Crippen LogP contribution in [0.3, 0.4) is 0 Å². The minimum atomic E-state index is -0.0146. The molecule has 3 atom stereocenters. The number of aromatic nitrogens is 5. The molecule has 33 heavy (non-hydrogen) atoms. The predicted molar refractivity (Wildman–Crippen MR) is 131 cm³/mol. The zero-order valence-corrected chi connectivity index (χ0v) is 19.7. The summed E-state index contributed by atoms with van der Waals surface area (Å²) >= 11 is 0. The van der Waals surface area contributed by atoms with Gasteiger partial charge in [-0.05, 0) is 43.5 Å². The van der Waals surface area contributed by atoms with Crippen molar-refractivity contribution in [2.24, 2.45) is 7.05 Å². The summed E-state index contributed by atoms with van der Waals surface area (Å²) in [5.74, 6) is 0. The van der Waals surface area contributed by atoms with Crippen molar-refractivity contribution >= 4 is 22.1 Å². The molecule has 8 nitrogen and oxygen atoms in total. The number of benzene rings is 1. The SMILES string of the molecule is CC[C@@H]1CN(n2cc3c(ccc(=O)n3C)n2)[C@@H](CC)CN1C(C)c1ccc2nccnc2c1. The molecule has 0 aliphatic carbocycles. The fourth-order valence-corrected chi connectivity index (χ4v) is 5.07. The number of piperazine rings is 1. The van der Waals surface area contributed by atoms with Crippen LogP contribution in [-0.2, 0) is 7.05 Å². The van der Waals surface area contributed by atoms with E-state index in [1.165, 1.54) is 5.56 Å². The predicted octanol–water partition coefficient (Wildman–Crippen LogP) is 3.25. The molecule has 0 amide bonds. The first-order valence-corrected chi connectivity index (χ1v) is 11.8. The molecular weight excluding hydrogens is 414 g/mol. The number of aryl methyl sites for hydroxylation is 1. The Morgan fingerprint density at radius 2 is 1.70 bits per heavy atom. The summed E-state index contributed by atoms with van der Waals surface area (Å²) in [4.78, 5) is 25.6. The molecule has 0 saturated carbocycles. The van der Waals surface area contributed by atoms with E-state index in [2.05, 4.69) is 58.8 Å². The van der Waals surface area contributed by atoms with Gasteiger partial charge in [0.25, 0.3) is 5.56 Å². The number of hydrogen-bond acceptors (Lipinski definition) is 6. The van der Waals surface area contributed by atoms with Crippen molar-refractivity contribution in [3.8, 4) is 0 Å². The summed E-state index contributed by atoms with van der Waals surface area (Å²) in [6.45, 7) is 8.61. The van der Waals surface area contributed by atoms with Gasteiger partial charge >= 0.3 is 0 Å². The third kappa shape index (κ3) is 3.78. The minimum absolute atomic E-state index is 0.0146. The monoisotopic (exact) mass is 445 g/mol. The highest BCUT2D eigenvalue weighted by Gasteiger charge is 2.36. The van der Waals surface area contributed by atoms with E-state index in [0.717, 1.165) is 48.0 Å². The fourth-order valence-electron chi connectivity index (χ4n) is 5.07. The topological polar surface area (TPSA) is 72.1 Å². The summed E-state index contributed by atoms with van der Waals surface area (Å²) in [5.41, 5.74) is 4.82. The Kier molecular flexibility index (Phi) is 5.62. The summed E-state index contributed by atoms with van der Waals surface area (Å²) in [5, 5.41) is 7.19. The van der Waals surface area contributed by atoms with Gasteiger partial charge in [0.05, 0.1) is 35.3 Å². The van der Waals surface area contributed by atoms with E-state index in [1.54, 1.807) is 30.1 Å². The second-order valence-electron chi connectivity index (χ2n) is 8.97. The van der Waals surface area contributed by atoms with Crippen molar-refractivity contribution < 1.29 is 0 Å². The van der Waals surface area contributed by atoms with E-state index in [-0.39, 0.29) is 11.6 Å². The van der Waals surface area contributed by atoms with Crippen LogP contribution in [0.2, 0.25) is 0 Å². The second-order valence-corrected chi connectivity index (χ2v) is 8.97. The van der Waals surface area contributed by atoms with Gasteiger partial charge < -0.3 is 4.57 Å². The van der Waals surface area contributed by atoms with Crippen molar-refractivity contribution in [3.05, 3.63) is 64.8 Å². The molecular formula is C25H31N7O. The maximum Gasteiger partial charge on any atom is 0.250 e. The normalized spacial score (nSPS) is 20.5. The molecule has 4 heterocycles. The maximum absolute atomic E-state index is 12.1. The summed E-state index contributed by atoms with van der Waals surface area (Å²) in [6.07, 6.45) is 7.54. The molecule has 1 fully saturated rings. The lowest BCUT2D eigenvalue weighted by atomic mass is 9.98. The van der Waals surface area contributed by atoms with Crippen molar-refractivity contribution in [2.75, 3.05) is 18.1 Å². The summed E-state index contributed by atoms with van der Waals surface area (Å²) in [6, 6.07) is 10.8. The Bertz CT molecular complexity index is 1340. The number of rotatable bonds is 5. The Balaban J connectivity index is 1.45. The van der Waals surface area contributed by atoms with Crippen LogP contribution in [0, 0.1) is 0 Å². The van der Waals surface area contributed by atoms with Gasteiger partial charge in [-0.3, -0.25) is 24.7 Å². The Hall–Kier alpha value is -3.26. The van der Waals surface area contributed by atoms with Gasteiger partial charge in [0, 0.05) is 44.1 Å². The van der Waals surface area contributed by atoms with E-state index in [1.807, 2.05) is 17.1 Å². The average Bonchev–Trinajstić information content (AvgIpc) is 3.29. The zero-order valence-electron chi connectivity index (χ0n) is 19.7. The van der Waals surface area contributed by atoms with Gasteiger partial charge in [0.15, 0.2) is 0 Å². The van der Waals surface area contributed by atoms with Gasteiger partial charge in [0.1, 0.15) is 5.52 Å². The fraction of sp³-hybridized carbons (Fsp3) is 0.440. The molecule has 5 rings (SSSR count). The number of hydrogen-bond donors (Lipinski definition) is 0. The van der Waals surface area contributed by atoms with Gasteiger partial charge in [-0.15, -0.1) is 0 Å². The average molecular weight is 446 g/mol. The maximum atomic E-state index is 12.1. The van der Waals surface area contributed by atoms with Crippen LogP contribution in [0.5, 0.6) is 0 Å². The van der Waals surface area contributed by atoms with Crippen LogP contribution in [0.15, 0.2) is 53.7 Å². The van der Waals surface area contributed by atoms with Crippen LogP contribution >= 0.6 is 0 Å². The second kappa shape index (κ2) is 8.59. The molecule has 0 bridgehead atoms. The number of nitrogens with zero attached hydrogens (tertiary/aromatic N) is 7. The van der Waals surface area contributed by atoms with Crippen molar-refractivity contribution in [1.29, 1.82) is 0 Å². The Morgan fingerprint density at radius 1 is 0.970 bits per heavy atom. The highest BCUT2D eigenvalue weighted by Crippen LogP contribution is 2.30. The molecule has 3 aromatic heterocycles. The van der Waals surface area contributed by atoms with E-state index in [0.29, 0.717) is 12.1 Å². The third-order valence-electron chi connectivity index (χ3n) is 7.17. The van der Waals surface area contributed by atoms with Crippen LogP contribution in [0.4, 0.5) is 0 Å². The molecule has 1 aliphatic rings. The first-order valence-electron chi connectivity index (χ1n) is 11.8. The molecule has 1 unspecified atom stereocenters. The van der Waals surface area contributed by atoms with Gasteiger partial charge in [-0.1, -0.05) is 19.9 Å². The van der Waals surface area contributed by atoms with Crippen LogP contribution in [-0.4, -0.2) is 54.5 Å². The molecule has 4 aromatic rings. The lowest BCUT2D eigenvalue weighted by Crippen LogP contribution is -2.62. The van der Waals surface area contributed by atoms with E-state index >= 15 is 0 Å². The highest BCUT2D eigenvalue weighted by atomic mass is 16.1. The molecule has 8 heteroatoms. The molecule has 0 N–H and O–H groups in total. The van der Waals surface area contributed by atoms with Gasteiger partial charge in [0.2, 0.25) is 0 Å². The zero-order chi connectivity index (χ0) is 23.1. The first-order chi connectivity index (χ1) is 16.0. The van der Waals surface area contributed by atoms with Crippen LogP contribution in [0.1, 0.15) is 45.2 Å². The molecule has 172 valence electrons. The van der Waals surface area contributed by atoms with Gasteiger partial charge in [-0.2, -0.15) is 9.89 Å². The van der Waals surface area contributed by atoms with Crippen molar-refractivity contribution in [3.63, 3.8) is 0 Å². The lowest BCUT2D eigenvalue weighted by molar-refractivity contribution is 0.0855. The summed E-state index contributed by atoms with van der Waals surface area (Å²) in [7, 11) is 1.80. The smallest absolute Gasteiger partial charge is 0.250 e. The number of pyridine rings is 1. The third-order valence-corrected chi connectivity index (χ3v) is 7.17.